The van der Waals surface area contributed by atoms with E-state index in [0.717, 1.165) is 6.42 Å². The van der Waals surface area contributed by atoms with Crippen LogP contribution in [0, 0.1) is 0 Å². The van der Waals surface area contributed by atoms with E-state index in [1.54, 1.807) is 13.0 Å². The molecule has 21 heavy (non-hydrogen) atoms. The SMILES string of the molecule is CCNS(=O)(=O)c1cc(C(=O)NC(C)CC)ccc1OC. The zero-order chi connectivity index (χ0) is 16.0. The number of nitrogens with one attached hydrogen (secondary N) is 2. The van der Waals surface area contributed by atoms with Crippen molar-refractivity contribution < 1.29 is 17.9 Å². The fourth-order valence-corrected chi connectivity index (χ4v) is 2.94. The van der Waals surface area contributed by atoms with Crippen molar-refractivity contribution in [1.82, 2.24) is 10.0 Å². The summed E-state index contributed by atoms with van der Waals surface area (Å²) in [7, 11) is -2.31. The van der Waals surface area contributed by atoms with Gasteiger partial charge >= 0.3 is 0 Å². The van der Waals surface area contributed by atoms with Gasteiger partial charge in [0, 0.05) is 18.2 Å². The smallest absolute Gasteiger partial charge is 0.251 e. The molecule has 1 aromatic rings. The molecular weight excluding hydrogens is 292 g/mol. The molecule has 0 heterocycles. The second-order valence-electron chi connectivity index (χ2n) is 4.65. The van der Waals surface area contributed by atoms with E-state index in [1.807, 2.05) is 13.8 Å². The van der Waals surface area contributed by atoms with Crippen molar-refractivity contribution >= 4 is 15.9 Å². The molecule has 6 nitrogen and oxygen atoms in total. The fraction of sp³-hybridized carbons (Fsp3) is 0.500. The molecule has 1 aromatic carbocycles. The zero-order valence-corrected chi connectivity index (χ0v) is 13.6. The number of ether oxygens (including phenoxy) is 1. The van der Waals surface area contributed by atoms with Crippen LogP contribution < -0.4 is 14.8 Å². The molecule has 1 atom stereocenters. The van der Waals surface area contributed by atoms with E-state index in [1.165, 1.54) is 19.2 Å². The van der Waals surface area contributed by atoms with Gasteiger partial charge in [-0.15, -0.1) is 0 Å². The van der Waals surface area contributed by atoms with E-state index in [0.29, 0.717) is 0 Å². The van der Waals surface area contributed by atoms with E-state index < -0.39 is 10.0 Å². The minimum absolute atomic E-state index is 0.0217. The molecule has 7 heteroatoms. The molecule has 0 fully saturated rings. The van der Waals surface area contributed by atoms with Gasteiger partial charge in [-0.1, -0.05) is 13.8 Å². The normalized spacial score (nSPS) is 12.8. The van der Waals surface area contributed by atoms with Crippen molar-refractivity contribution in [3.05, 3.63) is 23.8 Å². The second-order valence-corrected chi connectivity index (χ2v) is 6.39. The first-order chi connectivity index (χ1) is 9.85. The van der Waals surface area contributed by atoms with Crippen LogP contribution in [0.4, 0.5) is 0 Å². The Kier molecular flexibility index (Phi) is 6.17. The van der Waals surface area contributed by atoms with Crippen molar-refractivity contribution in [1.29, 1.82) is 0 Å². The van der Waals surface area contributed by atoms with Gasteiger partial charge in [-0.2, -0.15) is 0 Å². The first-order valence-corrected chi connectivity index (χ1v) is 8.32. The number of methoxy groups -OCH3 is 1. The molecule has 0 aliphatic carbocycles. The average molecular weight is 314 g/mol. The molecule has 2 N–H and O–H groups in total. The molecule has 1 rings (SSSR count). The Hall–Kier alpha value is -1.60. The Morgan fingerprint density at radius 3 is 2.52 bits per heavy atom. The van der Waals surface area contributed by atoms with Crippen molar-refractivity contribution in [3.8, 4) is 5.75 Å². The van der Waals surface area contributed by atoms with Gasteiger partial charge in [-0.25, -0.2) is 13.1 Å². The van der Waals surface area contributed by atoms with Gasteiger partial charge < -0.3 is 10.1 Å². The molecule has 0 saturated carbocycles. The minimum Gasteiger partial charge on any atom is -0.495 e. The summed E-state index contributed by atoms with van der Waals surface area (Å²) in [6, 6.07) is 4.37. The van der Waals surface area contributed by atoms with Crippen LogP contribution in [0.3, 0.4) is 0 Å². The molecule has 0 aromatic heterocycles. The Labute approximate surface area is 125 Å². The molecule has 1 unspecified atom stereocenters. The number of hydrogen-bond acceptors (Lipinski definition) is 4. The van der Waals surface area contributed by atoms with Gasteiger partial charge in [-0.05, 0) is 31.5 Å². The van der Waals surface area contributed by atoms with Crippen molar-refractivity contribution in [2.45, 2.75) is 38.1 Å². The minimum atomic E-state index is -3.70. The standard InChI is InChI=1S/C14H22N2O4S/c1-5-10(3)16-14(17)11-7-8-12(20-4)13(9-11)21(18,19)15-6-2/h7-10,15H,5-6H2,1-4H3,(H,16,17). The molecule has 0 radical (unpaired) electrons. The summed E-state index contributed by atoms with van der Waals surface area (Å²) in [6.45, 7) is 5.79. The average Bonchev–Trinajstić information content (AvgIpc) is 2.46. The third kappa shape index (κ3) is 4.44. The van der Waals surface area contributed by atoms with Crippen molar-refractivity contribution in [2.24, 2.45) is 0 Å². The van der Waals surface area contributed by atoms with Crippen LogP contribution in [-0.4, -0.2) is 34.0 Å². The van der Waals surface area contributed by atoms with Crippen molar-refractivity contribution in [3.63, 3.8) is 0 Å². The highest BCUT2D eigenvalue weighted by molar-refractivity contribution is 7.89. The summed E-state index contributed by atoms with van der Waals surface area (Å²) < 4.78 is 31.7. The van der Waals surface area contributed by atoms with E-state index in [2.05, 4.69) is 10.0 Å². The van der Waals surface area contributed by atoms with Gasteiger partial charge in [0.2, 0.25) is 10.0 Å². The Balaban J connectivity index is 3.20. The number of sulfonamides is 1. The summed E-state index contributed by atoms with van der Waals surface area (Å²) in [4.78, 5) is 12.0. The van der Waals surface area contributed by atoms with Crippen molar-refractivity contribution in [2.75, 3.05) is 13.7 Å². The predicted octanol–water partition coefficient (Wildman–Crippen LogP) is 1.52. The highest BCUT2D eigenvalue weighted by Crippen LogP contribution is 2.24. The van der Waals surface area contributed by atoms with Crippen LogP contribution in [0.25, 0.3) is 0 Å². The van der Waals surface area contributed by atoms with Gasteiger partial charge in [0.1, 0.15) is 10.6 Å². The summed E-state index contributed by atoms with van der Waals surface area (Å²) in [5.41, 5.74) is 0.285. The number of carbonyl (C=O) groups excluding carboxylic acids is 1. The molecule has 0 spiro atoms. The molecule has 0 aliphatic rings. The van der Waals surface area contributed by atoms with Crippen LogP contribution in [0.15, 0.2) is 23.1 Å². The second kappa shape index (κ2) is 7.42. The molecule has 0 saturated heterocycles. The summed E-state index contributed by atoms with van der Waals surface area (Å²) >= 11 is 0. The number of amides is 1. The lowest BCUT2D eigenvalue weighted by Crippen LogP contribution is -2.32. The van der Waals surface area contributed by atoms with Crippen LogP contribution in [-0.2, 0) is 10.0 Å². The fourth-order valence-electron chi connectivity index (χ4n) is 1.70. The Bertz CT molecular complexity index is 599. The maximum Gasteiger partial charge on any atom is 0.251 e. The molecule has 118 valence electrons. The summed E-state index contributed by atoms with van der Waals surface area (Å²) in [5.74, 6) is -0.101. The Morgan fingerprint density at radius 1 is 1.33 bits per heavy atom. The lowest BCUT2D eigenvalue weighted by molar-refractivity contribution is 0.0939. The van der Waals surface area contributed by atoms with Gasteiger partial charge in [0.25, 0.3) is 5.91 Å². The summed E-state index contributed by atoms with van der Waals surface area (Å²) in [6.07, 6.45) is 0.796. The third-order valence-corrected chi connectivity index (χ3v) is 4.61. The maximum absolute atomic E-state index is 12.1. The lowest BCUT2D eigenvalue weighted by atomic mass is 10.2. The van der Waals surface area contributed by atoms with Crippen LogP contribution in [0.5, 0.6) is 5.75 Å². The van der Waals surface area contributed by atoms with E-state index >= 15 is 0 Å². The maximum atomic E-state index is 12.1. The van der Waals surface area contributed by atoms with E-state index in [9.17, 15) is 13.2 Å². The predicted molar refractivity (Wildman–Crippen MR) is 81.1 cm³/mol. The first-order valence-electron chi connectivity index (χ1n) is 6.84. The first kappa shape index (κ1) is 17.5. The lowest BCUT2D eigenvalue weighted by Gasteiger charge is -2.14. The Morgan fingerprint density at radius 2 is 2.00 bits per heavy atom. The van der Waals surface area contributed by atoms with E-state index in [4.69, 9.17) is 4.74 Å². The number of rotatable bonds is 7. The van der Waals surface area contributed by atoms with Gasteiger partial charge in [0.05, 0.1) is 7.11 Å². The highest BCUT2D eigenvalue weighted by Gasteiger charge is 2.21. The van der Waals surface area contributed by atoms with Crippen LogP contribution >= 0.6 is 0 Å². The summed E-state index contributed by atoms with van der Waals surface area (Å²) in [5, 5.41) is 2.80. The molecule has 0 aliphatic heterocycles. The van der Waals surface area contributed by atoms with Crippen LogP contribution in [0.1, 0.15) is 37.6 Å². The molecule has 1 amide bonds. The van der Waals surface area contributed by atoms with Gasteiger partial charge in [0.15, 0.2) is 0 Å². The largest absolute Gasteiger partial charge is 0.495 e. The topological polar surface area (TPSA) is 84.5 Å². The number of hydrogen-bond donors (Lipinski definition) is 2. The quantitative estimate of drug-likeness (QED) is 0.799. The third-order valence-electron chi connectivity index (χ3n) is 3.04. The van der Waals surface area contributed by atoms with Crippen LogP contribution in [0.2, 0.25) is 0 Å². The molecule has 0 bridgehead atoms. The highest BCUT2D eigenvalue weighted by atomic mass is 32.2. The monoisotopic (exact) mass is 314 g/mol. The van der Waals surface area contributed by atoms with Gasteiger partial charge in [-0.3, -0.25) is 4.79 Å². The number of benzene rings is 1. The molecular formula is C14H22N2O4S. The van der Waals surface area contributed by atoms with E-state index in [-0.39, 0.29) is 34.7 Å². The zero-order valence-electron chi connectivity index (χ0n) is 12.8. The number of carbonyl (C=O) groups is 1.